The topological polar surface area (TPSA) is 75.4 Å². The molecule has 2 amide bonds. The molecule has 0 radical (unpaired) electrons. The number of carbonyl (C=O) groups is 2. The number of rotatable bonds is 5. The maximum absolute atomic E-state index is 12.3. The standard InChI is InChI=1S/C15H20ClN3O2.ClH/c1-19-13(20)9-12(15(21)18-7-3-6-17)14(19)10-4-2-5-11(16)8-10;/h2,4-5,8,12,14H,3,6-7,9,17H2,1H3,(H,18,21);1H. The first-order valence-corrected chi connectivity index (χ1v) is 7.41. The van der Waals surface area contributed by atoms with E-state index in [9.17, 15) is 9.59 Å². The first kappa shape index (κ1) is 18.7. The van der Waals surface area contributed by atoms with Crippen LogP contribution in [0.5, 0.6) is 0 Å². The number of halogens is 2. The van der Waals surface area contributed by atoms with Crippen LogP contribution in [-0.2, 0) is 9.59 Å². The second kappa shape index (κ2) is 8.36. The molecule has 2 rings (SSSR count). The zero-order valence-electron chi connectivity index (χ0n) is 12.4. The summed E-state index contributed by atoms with van der Waals surface area (Å²) in [6.45, 7) is 1.06. The number of benzene rings is 1. The highest BCUT2D eigenvalue weighted by Gasteiger charge is 2.42. The van der Waals surface area contributed by atoms with Gasteiger partial charge in [-0.2, -0.15) is 0 Å². The minimum absolute atomic E-state index is 0. The number of nitrogens with zero attached hydrogens (tertiary/aromatic N) is 1. The highest BCUT2D eigenvalue weighted by Crippen LogP contribution is 2.37. The van der Waals surface area contributed by atoms with Gasteiger partial charge in [0.05, 0.1) is 12.0 Å². The highest BCUT2D eigenvalue weighted by atomic mass is 35.5. The zero-order valence-corrected chi connectivity index (χ0v) is 14.0. The highest BCUT2D eigenvalue weighted by molar-refractivity contribution is 6.30. The van der Waals surface area contributed by atoms with Crippen LogP contribution in [0.4, 0.5) is 0 Å². The second-order valence-corrected chi connectivity index (χ2v) is 5.68. The molecular formula is C15H21Cl2N3O2. The van der Waals surface area contributed by atoms with Crippen LogP contribution in [0.25, 0.3) is 0 Å². The fraction of sp³-hybridized carbons (Fsp3) is 0.467. The zero-order chi connectivity index (χ0) is 15.4. The average Bonchev–Trinajstić information content (AvgIpc) is 2.75. The Kier molecular flexibility index (Phi) is 7.13. The first-order chi connectivity index (χ1) is 10.0. The molecule has 5 nitrogen and oxygen atoms in total. The average molecular weight is 346 g/mol. The Morgan fingerprint density at radius 2 is 2.23 bits per heavy atom. The molecule has 1 heterocycles. The number of hydrogen-bond donors (Lipinski definition) is 2. The summed E-state index contributed by atoms with van der Waals surface area (Å²) < 4.78 is 0. The predicted octanol–water partition coefficient (Wildman–Crippen LogP) is 1.75. The van der Waals surface area contributed by atoms with Gasteiger partial charge >= 0.3 is 0 Å². The normalized spacial score (nSPS) is 20.7. The summed E-state index contributed by atoms with van der Waals surface area (Å²) >= 11 is 6.02. The molecule has 0 aliphatic carbocycles. The number of likely N-dealkylation sites (tertiary alicyclic amines) is 1. The Morgan fingerprint density at radius 1 is 1.50 bits per heavy atom. The monoisotopic (exact) mass is 345 g/mol. The molecule has 22 heavy (non-hydrogen) atoms. The number of amides is 2. The van der Waals surface area contributed by atoms with Crippen molar-refractivity contribution >= 4 is 35.8 Å². The van der Waals surface area contributed by atoms with Gasteiger partial charge in [-0.25, -0.2) is 0 Å². The van der Waals surface area contributed by atoms with Crippen LogP contribution in [0.2, 0.25) is 5.02 Å². The van der Waals surface area contributed by atoms with Crippen molar-refractivity contribution in [3.63, 3.8) is 0 Å². The summed E-state index contributed by atoms with van der Waals surface area (Å²) in [5, 5.41) is 3.45. The van der Waals surface area contributed by atoms with Crippen LogP contribution in [-0.4, -0.2) is 36.9 Å². The van der Waals surface area contributed by atoms with Crippen LogP contribution in [0.3, 0.4) is 0 Å². The van der Waals surface area contributed by atoms with Crippen LogP contribution in [0.15, 0.2) is 24.3 Å². The van der Waals surface area contributed by atoms with Crippen LogP contribution < -0.4 is 11.1 Å². The van der Waals surface area contributed by atoms with E-state index < -0.39 is 5.92 Å². The maximum Gasteiger partial charge on any atom is 0.226 e. The maximum atomic E-state index is 12.3. The van der Waals surface area contributed by atoms with Gasteiger partial charge in [-0.1, -0.05) is 23.7 Å². The molecule has 2 atom stereocenters. The van der Waals surface area contributed by atoms with Crippen molar-refractivity contribution in [2.45, 2.75) is 18.9 Å². The predicted molar refractivity (Wildman–Crippen MR) is 89.0 cm³/mol. The third-order valence-electron chi connectivity index (χ3n) is 3.79. The van der Waals surface area contributed by atoms with E-state index in [4.69, 9.17) is 17.3 Å². The number of nitrogens with two attached hydrogens (primary N) is 1. The smallest absolute Gasteiger partial charge is 0.226 e. The van der Waals surface area contributed by atoms with Crippen molar-refractivity contribution < 1.29 is 9.59 Å². The third kappa shape index (κ3) is 4.12. The molecule has 1 fully saturated rings. The Hall–Kier alpha value is -1.30. The fourth-order valence-corrected chi connectivity index (χ4v) is 2.89. The number of nitrogens with one attached hydrogen (secondary N) is 1. The molecule has 0 bridgehead atoms. The lowest BCUT2D eigenvalue weighted by Gasteiger charge is -2.25. The minimum atomic E-state index is -0.390. The van der Waals surface area contributed by atoms with Crippen molar-refractivity contribution in [2.24, 2.45) is 11.7 Å². The van der Waals surface area contributed by atoms with Gasteiger partial charge in [0.15, 0.2) is 0 Å². The number of hydrogen-bond acceptors (Lipinski definition) is 3. The molecule has 1 saturated heterocycles. The van der Waals surface area contributed by atoms with Gasteiger partial charge < -0.3 is 16.0 Å². The lowest BCUT2D eigenvalue weighted by molar-refractivity contribution is -0.128. The van der Waals surface area contributed by atoms with E-state index in [1.165, 1.54) is 0 Å². The van der Waals surface area contributed by atoms with Crippen LogP contribution in [0, 0.1) is 5.92 Å². The number of carbonyl (C=O) groups excluding carboxylic acids is 2. The van der Waals surface area contributed by atoms with Gasteiger partial charge in [-0.3, -0.25) is 9.59 Å². The van der Waals surface area contributed by atoms with E-state index in [1.807, 2.05) is 18.2 Å². The minimum Gasteiger partial charge on any atom is -0.356 e. The van der Waals surface area contributed by atoms with Crippen molar-refractivity contribution in [3.8, 4) is 0 Å². The van der Waals surface area contributed by atoms with E-state index in [-0.39, 0.29) is 36.7 Å². The Bertz CT molecular complexity index is 539. The van der Waals surface area contributed by atoms with E-state index >= 15 is 0 Å². The van der Waals surface area contributed by atoms with Crippen LogP contribution >= 0.6 is 24.0 Å². The summed E-state index contributed by atoms with van der Waals surface area (Å²) in [7, 11) is 1.72. The van der Waals surface area contributed by atoms with Crippen molar-refractivity contribution in [3.05, 3.63) is 34.9 Å². The van der Waals surface area contributed by atoms with Gasteiger partial charge in [0.25, 0.3) is 0 Å². The van der Waals surface area contributed by atoms with E-state index in [2.05, 4.69) is 5.32 Å². The van der Waals surface area contributed by atoms with Gasteiger partial charge in [-0.15, -0.1) is 12.4 Å². The molecule has 1 aromatic rings. The Labute approximate surface area is 141 Å². The van der Waals surface area contributed by atoms with Gasteiger partial charge in [0.1, 0.15) is 0 Å². The van der Waals surface area contributed by atoms with Crippen molar-refractivity contribution in [2.75, 3.05) is 20.1 Å². The Balaban J connectivity index is 0.00000242. The van der Waals surface area contributed by atoms with Gasteiger partial charge in [0, 0.05) is 25.0 Å². The molecule has 122 valence electrons. The summed E-state index contributed by atoms with van der Waals surface area (Å²) in [5.41, 5.74) is 6.30. The molecule has 0 aromatic heterocycles. The molecule has 1 aliphatic heterocycles. The van der Waals surface area contributed by atoms with E-state index in [1.54, 1.807) is 18.0 Å². The summed E-state index contributed by atoms with van der Waals surface area (Å²) in [4.78, 5) is 25.9. The van der Waals surface area contributed by atoms with Crippen LogP contribution in [0.1, 0.15) is 24.4 Å². The SMILES string of the molecule is CN1C(=O)CC(C(=O)NCCCN)C1c1cccc(Cl)c1.Cl. The Morgan fingerprint density at radius 3 is 2.86 bits per heavy atom. The van der Waals surface area contributed by atoms with Crippen molar-refractivity contribution in [1.29, 1.82) is 0 Å². The quantitative estimate of drug-likeness (QED) is 0.798. The van der Waals surface area contributed by atoms with Gasteiger partial charge in [-0.05, 0) is 30.7 Å². The van der Waals surface area contributed by atoms with E-state index in [0.717, 1.165) is 12.0 Å². The third-order valence-corrected chi connectivity index (χ3v) is 4.03. The lowest BCUT2D eigenvalue weighted by atomic mass is 9.93. The fourth-order valence-electron chi connectivity index (χ4n) is 2.70. The molecule has 7 heteroatoms. The molecule has 1 aromatic carbocycles. The second-order valence-electron chi connectivity index (χ2n) is 5.25. The lowest BCUT2D eigenvalue weighted by Crippen LogP contribution is -2.35. The molecular weight excluding hydrogens is 325 g/mol. The molecule has 0 saturated carbocycles. The molecule has 1 aliphatic rings. The van der Waals surface area contributed by atoms with Gasteiger partial charge in [0.2, 0.25) is 11.8 Å². The summed E-state index contributed by atoms with van der Waals surface area (Å²) in [6, 6.07) is 7.04. The molecule has 0 spiro atoms. The summed E-state index contributed by atoms with van der Waals surface area (Å²) in [6.07, 6.45) is 0.951. The van der Waals surface area contributed by atoms with Crippen molar-refractivity contribution in [1.82, 2.24) is 10.2 Å². The molecule has 3 N–H and O–H groups in total. The van der Waals surface area contributed by atoms with E-state index in [0.29, 0.717) is 18.1 Å². The largest absolute Gasteiger partial charge is 0.356 e. The first-order valence-electron chi connectivity index (χ1n) is 7.03. The molecule has 2 unspecified atom stereocenters. The summed E-state index contributed by atoms with van der Waals surface area (Å²) in [5.74, 6) is -0.524.